The predicted octanol–water partition coefficient (Wildman–Crippen LogP) is 4.00. The molecule has 0 unspecified atom stereocenters. The van der Waals surface area contributed by atoms with E-state index in [0.29, 0.717) is 18.8 Å². The van der Waals surface area contributed by atoms with E-state index in [0.717, 1.165) is 15.6 Å². The minimum atomic E-state index is -0.598. The van der Waals surface area contributed by atoms with Gasteiger partial charge in [-0.1, -0.05) is 34.1 Å². The molecule has 2 aromatic carbocycles. The van der Waals surface area contributed by atoms with Crippen molar-refractivity contribution in [2.45, 2.75) is 40.3 Å². The molecule has 150 valence electrons. The van der Waals surface area contributed by atoms with E-state index >= 15 is 0 Å². The molecule has 1 N–H and O–H groups in total. The number of aryl methyl sites for hydroxylation is 2. The number of nitrogens with one attached hydrogen (secondary N) is 1. The summed E-state index contributed by atoms with van der Waals surface area (Å²) < 4.78 is 6.66. The summed E-state index contributed by atoms with van der Waals surface area (Å²) in [5.74, 6) is 0.227. The molecule has 0 bridgehead atoms. The lowest BCUT2D eigenvalue weighted by Crippen LogP contribution is -2.49. The molecule has 0 aliphatic rings. The largest absolute Gasteiger partial charge is 0.484 e. The Labute approximate surface area is 175 Å². The molecule has 1 atom stereocenters. The number of carbonyl (C=O) groups is 2. The van der Waals surface area contributed by atoms with Gasteiger partial charge < -0.3 is 15.0 Å². The Kier molecular flexibility index (Phi) is 8.05. The molecule has 6 heteroatoms. The second-order valence-electron chi connectivity index (χ2n) is 6.75. The molecule has 0 spiro atoms. The summed E-state index contributed by atoms with van der Waals surface area (Å²) in [7, 11) is 0. The van der Waals surface area contributed by atoms with Gasteiger partial charge in [-0.05, 0) is 68.7 Å². The van der Waals surface area contributed by atoms with Crippen LogP contribution in [0.15, 0.2) is 46.9 Å². The number of hydrogen-bond donors (Lipinski definition) is 1. The van der Waals surface area contributed by atoms with E-state index in [-0.39, 0.29) is 18.4 Å². The van der Waals surface area contributed by atoms with Crippen molar-refractivity contribution in [1.82, 2.24) is 10.2 Å². The standard InChI is InChI=1S/C22H27BrN2O3/c1-5-24-22(27)17(4)25(13-18-7-9-19(23)10-8-18)21(26)14-28-20-11-6-15(2)16(3)12-20/h6-12,17H,5,13-14H2,1-4H3,(H,24,27)/t17-/m0/s1. The monoisotopic (exact) mass is 446 g/mol. The first-order valence-corrected chi connectivity index (χ1v) is 10.1. The fraction of sp³-hybridized carbons (Fsp3) is 0.364. The molecule has 0 saturated carbocycles. The second-order valence-corrected chi connectivity index (χ2v) is 7.67. The molecular weight excluding hydrogens is 420 g/mol. The van der Waals surface area contributed by atoms with E-state index in [9.17, 15) is 9.59 Å². The lowest BCUT2D eigenvalue weighted by molar-refractivity contribution is -0.142. The number of rotatable bonds is 8. The number of ether oxygens (including phenoxy) is 1. The van der Waals surface area contributed by atoms with Crippen LogP contribution in [0.1, 0.15) is 30.5 Å². The zero-order valence-electron chi connectivity index (χ0n) is 16.8. The summed E-state index contributed by atoms with van der Waals surface area (Å²) >= 11 is 3.41. The molecule has 0 aliphatic heterocycles. The fourth-order valence-electron chi connectivity index (χ4n) is 2.72. The Balaban J connectivity index is 2.13. The van der Waals surface area contributed by atoms with Crippen molar-refractivity contribution in [2.75, 3.05) is 13.2 Å². The van der Waals surface area contributed by atoms with Gasteiger partial charge in [-0.25, -0.2) is 0 Å². The van der Waals surface area contributed by atoms with Crippen molar-refractivity contribution in [3.63, 3.8) is 0 Å². The van der Waals surface area contributed by atoms with Gasteiger partial charge in [-0.3, -0.25) is 9.59 Å². The topological polar surface area (TPSA) is 58.6 Å². The molecule has 2 rings (SSSR count). The lowest BCUT2D eigenvalue weighted by atomic mass is 10.1. The van der Waals surface area contributed by atoms with Gasteiger partial charge in [-0.15, -0.1) is 0 Å². The lowest BCUT2D eigenvalue weighted by Gasteiger charge is -2.28. The van der Waals surface area contributed by atoms with E-state index in [1.807, 2.05) is 63.2 Å². The van der Waals surface area contributed by atoms with Gasteiger partial charge >= 0.3 is 0 Å². The van der Waals surface area contributed by atoms with Gasteiger partial charge in [0.15, 0.2) is 6.61 Å². The minimum Gasteiger partial charge on any atom is -0.484 e. The molecule has 2 aromatic rings. The Bertz CT molecular complexity index is 821. The van der Waals surface area contributed by atoms with Crippen LogP contribution in [-0.2, 0) is 16.1 Å². The van der Waals surface area contributed by atoms with E-state index in [1.165, 1.54) is 5.56 Å². The van der Waals surface area contributed by atoms with E-state index < -0.39 is 6.04 Å². The van der Waals surface area contributed by atoms with Gasteiger partial charge in [0.1, 0.15) is 11.8 Å². The average Bonchev–Trinajstić information content (AvgIpc) is 2.68. The highest BCUT2D eigenvalue weighted by molar-refractivity contribution is 9.10. The zero-order valence-corrected chi connectivity index (χ0v) is 18.4. The molecule has 0 radical (unpaired) electrons. The molecule has 28 heavy (non-hydrogen) atoms. The van der Waals surface area contributed by atoms with Gasteiger partial charge in [0.2, 0.25) is 5.91 Å². The normalized spacial score (nSPS) is 11.6. The van der Waals surface area contributed by atoms with Gasteiger partial charge in [0.25, 0.3) is 5.91 Å². The first-order chi connectivity index (χ1) is 13.3. The average molecular weight is 447 g/mol. The number of likely N-dealkylation sites (N-methyl/N-ethyl adjacent to an activating group) is 1. The number of halogens is 1. The van der Waals surface area contributed by atoms with Crippen molar-refractivity contribution in [2.24, 2.45) is 0 Å². The maximum absolute atomic E-state index is 12.9. The van der Waals surface area contributed by atoms with Gasteiger partial charge in [0.05, 0.1) is 0 Å². The Morgan fingerprint density at radius 3 is 2.39 bits per heavy atom. The molecule has 0 heterocycles. The quantitative estimate of drug-likeness (QED) is 0.666. The van der Waals surface area contributed by atoms with E-state index in [4.69, 9.17) is 4.74 Å². The Morgan fingerprint density at radius 1 is 1.11 bits per heavy atom. The van der Waals surface area contributed by atoms with Crippen molar-refractivity contribution in [3.8, 4) is 5.75 Å². The van der Waals surface area contributed by atoms with Crippen molar-refractivity contribution >= 4 is 27.7 Å². The van der Waals surface area contributed by atoms with Crippen molar-refractivity contribution in [3.05, 3.63) is 63.6 Å². The summed E-state index contributed by atoms with van der Waals surface area (Å²) in [4.78, 5) is 26.8. The van der Waals surface area contributed by atoms with E-state index in [2.05, 4.69) is 21.2 Å². The Hall–Kier alpha value is -2.34. The van der Waals surface area contributed by atoms with Crippen LogP contribution in [-0.4, -0.2) is 35.9 Å². The Morgan fingerprint density at radius 2 is 1.79 bits per heavy atom. The summed E-state index contributed by atoms with van der Waals surface area (Å²) in [6, 6.07) is 12.8. The highest BCUT2D eigenvalue weighted by Gasteiger charge is 2.26. The summed E-state index contributed by atoms with van der Waals surface area (Å²) in [5.41, 5.74) is 3.21. The maximum atomic E-state index is 12.9. The van der Waals surface area contributed by atoms with Crippen molar-refractivity contribution < 1.29 is 14.3 Å². The minimum absolute atomic E-state index is 0.122. The van der Waals surface area contributed by atoms with Crippen LogP contribution in [0.25, 0.3) is 0 Å². The smallest absolute Gasteiger partial charge is 0.261 e. The number of amides is 2. The summed E-state index contributed by atoms with van der Waals surface area (Å²) in [6.07, 6.45) is 0. The molecule has 0 fully saturated rings. The van der Waals surface area contributed by atoms with Crippen molar-refractivity contribution in [1.29, 1.82) is 0 Å². The zero-order chi connectivity index (χ0) is 20.7. The van der Waals surface area contributed by atoms with Crippen LogP contribution in [0.5, 0.6) is 5.75 Å². The number of benzene rings is 2. The summed E-state index contributed by atoms with van der Waals surface area (Å²) in [5, 5.41) is 2.78. The van der Waals surface area contributed by atoms with Crippen LogP contribution < -0.4 is 10.1 Å². The third-order valence-electron chi connectivity index (χ3n) is 4.63. The first-order valence-electron chi connectivity index (χ1n) is 9.33. The van der Waals surface area contributed by atoms with E-state index in [1.54, 1.807) is 11.8 Å². The SMILES string of the molecule is CCNC(=O)[C@H](C)N(Cc1ccc(Br)cc1)C(=O)COc1ccc(C)c(C)c1. The fourth-order valence-corrected chi connectivity index (χ4v) is 2.99. The summed E-state index contributed by atoms with van der Waals surface area (Å²) in [6.45, 7) is 8.34. The van der Waals surface area contributed by atoms with Gasteiger partial charge in [-0.2, -0.15) is 0 Å². The highest BCUT2D eigenvalue weighted by Crippen LogP contribution is 2.18. The maximum Gasteiger partial charge on any atom is 0.261 e. The van der Waals surface area contributed by atoms with Crippen LogP contribution >= 0.6 is 15.9 Å². The van der Waals surface area contributed by atoms with Gasteiger partial charge in [0, 0.05) is 17.6 Å². The van der Waals surface area contributed by atoms with Crippen LogP contribution in [0.2, 0.25) is 0 Å². The molecule has 0 saturated heterocycles. The van der Waals surface area contributed by atoms with Crippen LogP contribution in [0.4, 0.5) is 0 Å². The first kappa shape index (κ1) is 22.0. The third-order valence-corrected chi connectivity index (χ3v) is 5.15. The third kappa shape index (κ3) is 6.09. The molecule has 0 aliphatic carbocycles. The predicted molar refractivity (Wildman–Crippen MR) is 114 cm³/mol. The highest BCUT2D eigenvalue weighted by atomic mass is 79.9. The number of nitrogens with zero attached hydrogens (tertiary/aromatic N) is 1. The molecule has 5 nitrogen and oxygen atoms in total. The number of hydrogen-bond acceptors (Lipinski definition) is 3. The number of carbonyl (C=O) groups excluding carboxylic acids is 2. The second kappa shape index (κ2) is 10.3. The van der Waals surface area contributed by atoms with Crippen LogP contribution in [0.3, 0.4) is 0 Å². The van der Waals surface area contributed by atoms with Crippen LogP contribution in [0, 0.1) is 13.8 Å². The molecular formula is C22H27BrN2O3. The molecule has 2 amide bonds. The molecule has 0 aromatic heterocycles.